The Bertz CT molecular complexity index is 1270. The molecule has 1 amide bonds. The molecule has 0 aliphatic heterocycles. The van der Waals surface area contributed by atoms with Gasteiger partial charge in [-0.2, -0.15) is 0 Å². The van der Waals surface area contributed by atoms with Gasteiger partial charge in [-0.15, -0.1) is 0 Å². The van der Waals surface area contributed by atoms with E-state index in [4.69, 9.17) is 21.1 Å². The molecule has 0 heterocycles. The van der Waals surface area contributed by atoms with Gasteiger partial charge in [0.1, 0.15) is 6.54 Å². The molecule has 0 radical (unpaired) electrons. The summed E-state index contributed by atoms with van der Waals surface area (Å²) in [7, 11) is -0.955. The van der Waals surface area contributed by atoms with Crippen molar-refractivity contribution in [3.8, 4) is 11.5 Å². The lowest BCUT2D eigenvalue weighted by Crippen LogP contribution is -2.42. The third-order valence-corrected chi connectivity index (χ3v) is 7.35. The van der Waals surface area contributed by atoms with Gasteiger partial charge >= 0.3 is 0 Å². The average molecular weight is 503 g/mol. The standard InChI is InChI=1S/C25H27ClN2O5S/c1-17-10-12-20(26)15-22(17)28(34(30,31)21-8-6-5-7-9-21)16-25(29)27-18(2)19-11-13-23(32-3)24(14-19)33-4/h5-15,18H,16H2,1-4H3,(H,27,29)/t18-/m1/s1. The van der Waals surface area contributed by atoms with Crippen LogP contribution in [0.25, 0.3) is 0 Å². The summed E-state index contributed by atoms with van der Waals surface area (Å²) in [6.07, 6.45) is 0. The number of hydrogen-bond acceptors (Lipinski definition) is 5. The van der Waals surface area contributed by atoms with Crippen LogP contribution in [-0.2, 0) is 14.8 Å². The zero-order chi connectivity index (χ0) is 24.9. The minimum absolute atomic E-state index is 0.0788. The number of carbonyl (C=O) groups is 1. The molecule has 3 aromatic carbocycles. The van der Waals surface area contributed by atoms with Crippen molar-refractivity contribution >= 4 is 33.2 Å². The monoisotopic (exact) mass is 502 g/mol. The Morgan fingerprint density at radius 2 is 1.68 bits per heavy atom. The molecule has 3 rings (SSSR count). The highest BCUT2D eigenvalue weighted by molar-refractivity contribution is 7.92. The molecule has 1 atom stereocenters. The SMILES string of the molecule is COc1ccc([C@@H](C)NC(=O)CN(c2cc(Cl)ccc2C)S(=O)(=O)c2ccccc2)cc1OC. The summed E-state index contributed by atoms with van der Waals surface area (Å²) in [5.74, 6) is 0.631. The highest BCUT2D eigenvalue weighted by atomic mass is 35.5. The third-order valence-electron chi connectivity index (χ3n) is 5.34. The van der Waals surface area contributed by atoms with Gasteiger partial charge in [-0.25, -0.2) is 8.42 Å². The van der Waals surface area contributed by atoms with Crippen molar-refractivity contribution in [1.29, 1.82) is 0 Å². The van der Waals surface area contributed by atoms with E-state index in [2.05, 4.69) is 5.32 Å². The molecular weight excluding hydrogens is 476 g/mol. The highest BCUT2D eigenvalue weighted by Crippen LogP contribution is 2.31. The summed E-state index contributed by atoms with van der Waals surface area (Å²) in [5, 5.41) is 3.24. The Kier molecular flexibility index (Phi) is 8.06. The van der Waals surface area contributed by atoms with Crippen LogP contribution in [0.4, 0.5) is 5.69 Å². The molecule has 3 aromatic rings. The number of hydrogen-bond donors (Lipinski definition) is 1. The van der Waals surface area contributed by atoms with E-state index in [1.54, 1.807) is 69.5 Å². The average Bonchev–Trinajstić information content (AvgIpc) is 2.84. The van der Waals surface area contributed by atoms with Gasteiger partial charge in [0.05, 0.1) is 30.8 Å². The molecule has 0 aliphatic carbocycles. The van der Waals surface area contributed by atoms with Gasteiger partial charge in [-0.3, -0.25) is 9.10 Å². The molecule has 0 aliphatic rings. The summed E-state index contributed by atoms with van der Waals surface area (Å²) < 4.78 is 38.7. The Morgan fingerprint density at radius 3 is 2.32 bits per heavy atom. The summed E-state index contributed by atoms with van der Waals surface area (Å²) in [6.45, 7) is 3.15. The molecule has 0 spiro atoms. The number of amides is 1. The van der Waals surface area contributed by atoms with Gasteiger partial charge in [0.25, 0.3) is 10.0 Å². The van der Waals surface area contributed by atoms with Gasteiger partial charge in [-0.1, -0.05) is 41.9 Å². The van der Waals surface area contributed by atoms with Crippen LogP contribution in [0.2, 0.25) is 5.02 Å². The van der Waals surface area contributed by atoms with Gasteiger partial charge in [-0.05, 0) is 61.4 Å². The molecule has 0 bridgehead atoms. The molecule has 34 heavy (non-hydrogen) atoms. The Hall–Kier alpha value is -3.23. The fourth-order valence-electron chi connectivity index (χ4n) is 3.49. The zero-order valence-corrected chi connectivity index (χ0v) is 21.0. The second-order valence-corrected chi connectivity index (χ2v) is 9.96. The smallest absolute Gasteiger partial charge is 0.264 e. The van der Waals surface area contributed by atoms with Crippen LogP contribution in [0.3, 0.4) is 0 Å². The number of carbonyl (C=O) groups excluding carboxylic acids is 1. The number of halogens is 1. The first-order chi connectivity index (χ1) is 16.2. The number of anilines is 1. The van der Waals surface area contributed by atoms with Crippen molar-refractivity contribution in [2.45, 2.75) is 24.8 Å². The van der Waals surface area contributed by atoms with Crippen molar-refractivity contribution in [2.24, 2.45) is 0 Å². The molecule has 0 saturated carbocycles. The van der Waals surface area contributed by atoms with E-state index >= 15 is 0 Å². The number of nitrogens with zero attached hydrogens (tertiary/aromatic N) is 1. The molecule has 0 saturated heterocycles. The lowest BCUT2D eigenvalue weighted by atomic mass is 10.1. The first kappa shape index (κ1) is 25.4. The number of methoxy groups -OCH3 is 2. The van der Waals surface area contributed by atoms with Crippen LogP contribution >= 0.6 is 11.6 Å². The summed E-state index contributed by atoms with van der Waals surface area (Å²) in [4.78, 5) is 13.1. The fraction of sp³-hybridized carbons (Fsp3) is 0.240. The molecule has 1 N–H and O–H groups in total. The lowest BCUT2D eigenvalue weighted by Gasteiger charge is -2.26. The van der Waals surface area contributed by atoms with E-state index in [-0.39, 0.29) is 4.90 Å². The Balaban J connectivity index is 1.91. The van der Waals surface area contributed by atoms with E-state index in [1.807, 2.05) is 6.07 Å². The molecular formula is C25H27ClN2O5S. The van der Waals surface area contributed by atoms with Crippen LogP contribution in [0.5, 0.6) is 11.5 Å². The minimum Gasteiger partial charge on any atom is -0.493 e. The molecule has 0 fully saturated rings. The molecule has 0 unspecified atom stereocenters. The number of benzene rings is 3. The number of aryl methyl sites for hydroxylation is 1. The van der Waals surface area contributed by atoms with Crippen LogP contribution in [0, 0.1) is 6.92 Å². The van der Waals surface area contributed by atoms with Crippen molar-refractivity contribution in [3.05, 3.63) is 82.9 Å². The van der Waals surface area contributed by atoms with Crippen molar-refractivity contribution in [1.82, 2.24) is 5.32 Å². The number of nitrogens with one attached hydrogen (secondary N) is 1. The third kappa shape index (κ3) is 5.63. The topological polar surface area (TPSA) is 84.9 Å². The van der Waals surface area contributed by atoms with E-state index < -0.39 is 28.5 Å². The van der Waals surface area contributed by atoms with Crippen LogP contribution in [0.15, 0.2) is 71.6 Å². The number of sulfonamides is 1. The highest BCUT2D eigenvalue weighted by Gasteiger charge is 2.29. The Labute approximate surface area is 205 Å². The van der Waals surface area contributed by atoms with E-state index in [9.17, 15) is 13.2 Å². The molecule has 9 heteroatoms. The van der Waals surface area contributed by atoms with Crippen LogP contribution < -0.4 is 19.1 Å². The van der Waals surface area contributed by atoms with E-state index in [1.165, 1.54) is 19.2 Å². The van der Waals surface area contributed by atoms with Gasteiger partial charge < -0.3 is 14.8 Å². The van der Waals surface area contributed by atoms with Crippen LogP contribution in [-0.4, -0.2) is 35.1 Å². The number of ether oxygens (including phenoxy) is 2. The van der Waals surface area contributed by atoms with Crippen LogP contribution in [0.1, 0.15) is 24.1 Å². The quantitative estimate of drug-likeness (QED) is 0.457. The van der Waals surface area contributed by atoms with Crippen molar-refractivity contribution in [3.63, 3.8) is 0 Å². The van der Waals surface area contributed by atoms with Crippen molar-refractivity contribution < 1.29 is 22.7 Å². The van der Waals surface area contributed by atoms with E-state index in [0.29, 0.717) is 27.8 Å². The summed E-state index contributed by atoms with van der Waals surface area (Å²) in [6, 6.07) is 17.8. The maximum absolute atomic E-state index is 13.5. The first-order valence-electron chi connectivity index (χ1n) is 10.5. The van der Waals surface area contributed by atoms with Gasteiger partial charge in [0.15, 0.2) is 11.5 Å². The zero-order valence-electron chi connectivity index (χ0n) is 19.4. The predicted molar refractivity (Wildman–Crippen MR) is 133 cm³/mol. The number of rotatable bonds is 9. The maximum Gasteiger partial charge on any atom is 0.264 e. The van der Waals surface area contributed by atoms with Crippen molar-refractivity contribution in [2.75, 3.05) is 25.1 Å². The van der Waals surface area contributed by atoms with Gasteiger partial charge in [0, 0.05) is 5.02 Å². The molecule has 0 aromatic heterocycles. The first-order valence-corrected chi connectivity index (χ1v) is 12.3. The lowest BCUT2D eigenvalue weighted by molar-refractivity contribution is -0.120. The second-order valence-electron chi connectivity index (χ2n) is 7.66. The minimum atomic E-state index is -4.03. The molecule has 180 valence electrons. The maximum atomic E-state index is 13.5. The summed E-state index contributed by atoms with van der Waals surface area (Å²) >= 11 is 6.17. The predicted octanol–water partition coefficient (Wildman–Crippen LogP) is 4.74. The normalized spacial score (nSPS) is 12.0. The fourth-order valence-corrected chi connectivity index (χ4v) is 5.16. The molecule has 7 nitrogen and oxygen atoms in total. The second kappa shape index (κ2) is 10.8. The summed E-state index contributed by atoms with van der Waals surface area (Å²) in [5.41, 5.74) is 1.79. The van der Waals surface area contributed by atoms with Gasteiger partial charge in [0.2, 0.25) is 5.91 Å². The largest absolute Gasteiger partial charge is 0.493 e. The Morgan fingerprint density at radius 1 is 1.00 bits per heavy atom. The van der Waals surface area contributed by atoms with E-state index in [0.717, 1.165) is 9.87 Å².